The molecule has 0 aromatic heterocycles. The molecule has 2 aliphatic rings. The first kappa shape index (κ1) is 52.0. The van der Waals surface area contributed by atoms with E-state index in [0.717, 1.165) is 24.3 Å². The summed E-state index contributed by atoms with van der Waals surface area (Å²) in [7, 11) is 0. The van der Waals surface area contributed by atoms with Crippen LogP contribution >= 0.6 is 0 Å². The maximum atomic E-state index is 11.8. The molecule has 0 heterocycles. The maximum absolute atomic E-state index is 11.8. The molecule has 4 aromatic carbocycles. The van der Waals surface area contributed by atoms with Gasteiger partial charge in [0.2, 0.25) is 0 Å². The average molecular weight is 815 g/mol. The third-order valence-corrected chi connectivity index (χ3v) is 8.01. The monoisotopic (exact) mass is 814 g/mol. The molecule has 0 fully saturated rings. The van der Waals surface area contributed by atoms with Crippen molar-refractivity contribution in [3.8, 4) is 11.5 Å². The van der Waals surface area contributed by atoms with E-state index in [1.807, 2.05) is 0 Å². The molecule has 0 aliphatic heterocycles. The summed E-state index contributed by atoms with van der Waals surface area (Å²) in [4.78, 5) is 66.9. The third kappa shape index (κ3) is 12.5. The Balaban J connectivity index is 0.000000553. The fourth-order valence-electron chi connectivity index (χ4n) is 5.59. The minimum absolute atomic E-state index is 0. The largest absolute Gasteiger partial charge is 1.00 e. The van der Waals surface area contributed by atoms with Gasteiger partial charge in [-0.3, -0.25) is 29.8 Å². The van der Waals surface area contributed by atoms with Crippen LogP contribution in [0.5, 0.6) is 11.5 Å². The van der Waals surface area contributed by atoms with Crippen LogP contribution < -0.4 is 139 Å². The topological polar surface area (TPSA) is 247 Å². The molecule has 0 radical (unpaired) electrons. The van der Waals surface area contributed by atoms with E-state index in [1.54, 1.807) is 42.5 Å². The first-order valence-corrected chi connectivity index (χ1v) is 15.6. The number of hydrogen-bond acceptors (Lipinski definition) is 12. The van der Waals surface area contributed by atoms with Crippen molar-refractivity contribution in [2.24, 2.45) is 0 Å². The standard InChI is InChI=1S/C20H12N2O8.C20H14O4.4Na/c23-17-7-5-11(9-15(17)21(27)28)19(13-3-1-2-4-14(13)20(25)26)12-6-8-18(24)16(10-12)22(29)30;21-15-9-5-13(6-10-15)19(14-7-11-16(22)12-8-14)17-3-1-2-4-18(17)20(23)24;;;;/h1-10,23H,(H,25,26);1-12,21H,(H,23,24);;;;/q;;4*+1/p-4/b19-12-;;;;;. The number of nitro groups is 2. The molecule has 18 heteroatoms. The summed E-state index contributed by atoms with van der Waals surface area (Å²) in [6.45, 7) is 0. The van der Waals surface area contributed by atoms with Crippen molar-refractivity contribution < 1.29 is 168 Å². The summed E-state index contributed by atoms with van der Waals surface area (Å²) in [5, 5.41) is 68.6. The third-order valence-electron chi connectivity index (χ3n) is 8.01. The van der Waals surface area contributed by atoms with Crippen LogP contribution in [0.3, 0.4) is 0 Å². The van der Waals surface area contributed by atoms with E-state index >= 15 is 0 Å². The van der Waals surface area contributed by atoms with E-state index in [0.29, 0.717) is 22.3 Å². The molecular formula is C40H22N2Na4O12. The molecule has 0 spiro atoms. The summed E-state index contributed by atoms with van der Waals surface area (Å²) in [5.41, 5.74) is 0.899. The Morgan fingerprint density at radius 1 is 0.517 bits per heavy atom. The zero-order valence-electron chi connectivity index (χ0n) is 31.5. The van der Waals surface area contributed by atoms with Crippen LogP contribution in [0.2, 0.25) is 0 Å². The van der Waals surface area contributed by atoms with Crippen molar-refractivity contribution in [2.45, 2.75) is 0 Å². The van der Waals surface area contributed by atoms with E-state index in [2.05, 4.69) is 0 Å². The van der Waals surface area contributed by atoms with Crippen LogP contribution in [0.15, 0.2) is 150 Å². The number of carboxylic acids is 2. The number of rotatable bonds is 8. The Hall–Kier alpha value is -4.00. The van der Waals surface area contributed by atoms with Crippen molar-refractivity contribution in [3.05, 3.63) is 204 Å². The molecule has 0 N–H and O–H groups in total. The number of nitrogens with zero attached hydrogens (tertiary/aromatic N) is 2. The maximum Gasteiger partial charge on any atom is 1.00 e. The van der Waals surface area contributed by atoms with Crippen LogP contribution in [-0.2, 0) is 9.59 Å². The smallest absolute Gasteiger partial charge is 0.872 e. The molecule has 0 bridgehead atoms. The van der Waals surface area contributed by atoms with Crippen LogP contribution in [-0.4, -0.2) is 33.4 Å². The second-order valence-corrected chi connectivity index (χ2v) is 11.3. The van der Waals surface area contributed by atoms with Crippen LogP contribution in [0.4, 0.5) is 5.69 Å². The molecule has 268 valence electrons. The van der Waals surface area contributed by atoms with E-state index in [9.17, 15) is 59.8 Å². The van der Waals surface area contributed by atoms with Crippen LogP contribution in [0, 0.1) is 20.2 Å². The van der Waals surface area contributed by atoms with Gasteiger partial charge in [-0.25, -0.2) is 0 Å². The minimum atomic E-state index is -1.55. The van der Waals surface area contributed by atoms with Gasteiger partial charge in [-0.15, -0.1) is 5.75 Å². The van der Waals surface area contributed by atoms with Gasteiger partial charge in [-0.2, -0.15) is 0 Å². The summed E-state index contributed by atoms with van der Waals surface area (Å²) in [6.07, 6.45) is 9.21. The van der Waals surface area contributed by atoms with Gasteiger partial charge in [0.15, 0.2) is 5.78 Å². The summed E-state index contributed by atoms with van der Waals surface area (Å²) >= 11 is 0. The van der Waals surface area contributed by atoms with Crippen LogP contribution in [0.25, 0.3) is 11.1 Å². The quantitative estimate of drug-likeness (QED) is 0.0915. The minimum Gasteiger partial charge on any atom is -0.872 e. The SMILES string of the molecule is O=C1C=C/C(=C(\c2ccc([O-])c([N+](=O)[O-])c2)c2ccccc2C(=O)[O-])C=C1[N+](=O)[O-].O=C1C=CC(=C(c2ccc([O-])cc2)c2ccccc2C(=O)[O-])C=C1.[Na+].[Na+].[Na+].[Na+]. The Labute approximate surface area is 418 Å². The number of benzene rings is 4. The average Bonchev–Trinajstić information content (AvgIpc) is 3.15. The molecule has 58 heavy (non-hydrogen) atoms. The number of ketones is 2. The van der Waals surface area contributed by atoms with E-state index in [-0.39, 0.29) is 163 Å². The predicted molar refractivity (Wildman–Crippen MR) is 185 cm³/mol. The van der Waals surface area contributed by atoms with Crippen molar-refractivity contribution in [1.82, 2.24) is 0 Å². The Bertz CT molecular complexity index is 2450. The fraction of sp³-hybridized carbons (Fsp3) is 0. The molecule has 2 aliphatic carbocycles. The molecule has 6 rings (SSSR count). The van der Waals surface area contributed by atoms with Gasteiger partial charge in [-0.1, -0.05) is 97.1 Å². The first-order chi connectivity index (χ1) is 25.8. The second-order valence-electron chi connectivity index (χ2n) is 11.3. The zero-order chi connectivity index (χ0) is 39.1. The number of allylic oxidation sites excluding steroid dienone is 9. The molecule has 4 aromatic rings. The Kier molecular flexibility index (Phi) is 21.1. The molecule has 0 atom stereocenters. The van der Waals surface area contributed by atoms with Crippen molar-refractivity contribution in [1.29, 1.82) is 0 Å². The number of carboxylic acid groups (broad SMARTS) is 2. The molecule has 0 saturated heterocycles. The number of carbonyl (C=O) groups is 4. The van der Waals surface area contributed by atoms with Crippen LogP contribution in [0.1, 0.15) is 43.0 Å². The van der Waals surface area contributed by atoms with Crippen molar-refractivity contribution in [3.63, 3.8) is 0 Å². The van der Waals surface area contributed by atoms with Crippen molar-refractivity contribution >= 4 is 40.3 Å². The fourth-order valence-corrected chi connectivity index (χ4v) is 5.59. The summed E-state index contributed by atoms with van der Waals surface area (Å²) in [5.74, 6) is -4.84. The number of nitro benzene ring substituents is 1. The first-order valence-electron chi connectivity index (χ1n) is 15.6. The number of carbonyl (C=O) groups excluding carboxylic acids is 4. The normalized spacial score (nSPS) is 13.1. The van der Waals surface area contributed by atoms with Gasteiger partial charge in [0, 0.05) is 23.3 Å². The number of aromatic carboxylic acids is 2. The van der Waals surface area contributed by atoms with Gasteiger partial charge in [0.05, 0.1) is 21.8 Å². The predicted octanol–water partition coefficient (Wildman–Crippen LogP) is -9.23. The molecule has 0 unspecified atom stereocenters. The number of hydrogen-bond donors (Lipinski definition) is 0. The molecular weight excluding hydrogens is 792 g/mol. The van der Waals surface area contributed by atoms with E-state index in [1.165, 1.54) is 66.8 Å². The van der Waals surface area contributed by atoms with Gasteiger partial charge in [-0.05, 0) is 74.6 Å². The van der Waals surface area contributed by atoms with Gasteiger partial charge < -0.3 is 30.0 Å². The molecule has 0 saturated carbocycles. The Morgan fingerprint density at radius 2 is 0.966 bits per heavy atom. The summed E-state index contributed by atoms with van der Waals surface area (Å²) < 4.78 is 0. The van der Waals surface area contributed by atoms with Crippen molar-refractivity contribution in [2.75, 3.05) is 0 Å². The molecule has 0 amide bonds. The van der Waals surface area contributed by atoms with E-state index < -0.39 is 44.7 Å². The summed E-state index contributed by atoms with van der Waals surface area (Å²) in [6, 6.07) is 21.2. The van der Waals surface area contributed by atoms with Gasteiger partial charge in [0.25, 0.3) is 11.5 Å². The van der Waals surface area contributed by atoms with Gasteiger partial charge >= 0.3 is 124 Å². The van der Waals surface area contributed by atoms with E-state index in [4.69, 9.17) is 0 Å². The second kappa shape index (κ2) is 23.6. The van der Waals surface area contributed by atoms with Gasteiger partial charge in [0.1, 0.15) is 0 Å². The Morgan fingerprint density at radius 3 is 1.43 bits per heavy atom. The zero-order valence-corrected chi connectivity index (χ0v) is 39.5. The molecule has 14 nitrogen and oxygen atoms in total.